The fourth-order valence-corrected chi connectivity index (χ4v) is 3.04. The first kappa shape index (κ1) is 12.2. The number of ether oxygens (including phenoxy) is 1. The van der Waals surface area contributed by atoms with Crippen molar-refractivity contribution in [2.24, 2.45) is 5.73 Å². The highest BCUT2D eigenvalue weighted by Gasteiger charge is 2.19. The van der Waals surface area contributed by atoms with Crippen LogP contribution in [0.5, 0.6) is 0 Å². The molecule has 1 fully saturated rings. The summed E-state index contributed by atoms with van der Waals surface area (Å²) in [7, 11) is 0. The van der Waals surface area contributed by atoms with Gasteiger partial charge in [0, 0.05) is 18.6 Å². The molecular weight excluding hydrogens is 224 g/mol. The van der Waals surface area contributed by atoms with Crippen molar-refractivity contribution in [3.8, 4) is 0 Å². The minimum atomic E-state index is 0.120. The summed E-state index contributed by atoms with van der Waals surface area (Å²) in [4.78, 5) is 0. The number of hydrogen-bond donors (Lipinski definition) is 2. The number of rotatable bonds is 3. The molecule has 0 saturated carbocycles. The van der Waals surface area contributed by atoms with Crippen molar-refractivity contribution in [3.05, 3.63) is 34.9 Å². The Kier molecular flexibility index (Phi) is 3.64. The van der Waals surface area contributed by atoms with Gasteiger partial charge in [-0.2, -0.15) is 0 Å². The van der Waals surface area contributed by atoms with Crippen molar-refractivity contribution in [1.29, 1.82) is 0 Å². The normalized spacial score (nSPS) is 24.8. The molecule has 1 aliphatic heterocycles. The molecule has 98 valence electrons. The van der Waals surface area contributed by atoms with E-state index in [1.165, 1.54) is 36.0 Å². The van der Waals surface area contributed by atoms with Gasteiger partial charge in [-0.1, -0.05) is 18.2 Å². The van der Waals surface area contributed by atoms with Gasteiger partial charge in [0.1, 0.15) is 0 Å². The molecule has 2 aliphatic rings. The number of fused-ring (bicyclic) bond motifs is 1. The Morgan fingerprint density at radius 3 is 3.06 bits per heavy atom. The van der Waals surface area contributed by atoms with Crippen molar-refractivity contribution in [3.63, 3.8) is 0 Å². The Bertz CT molecular complexity index is 413. The molecule has 1 aromatic carbocycles. The molecule has 0 spiro atoms. The highest BCUT2D eigenvalue weighted by atomic mass is 16.5. The third kappa shape index (κ3) is 2.58. The zero-order valence-corrected chi connectivity index (χ0v) is 10.8. The van der Waals surface area contributed by atoms with E-state index in [4.69, 9.17) is 10.5 Å². The Morgan fingerprint density at radius 2 is 2.22 bits per heavy atom. The Hall–Kier alpha value is -0.900. The van der Waals surface area contributed by atoms with E-state index in [9.17, 15) is 0 Å². The van der Waals surface area contributed by atoms with Crippen LogP contribution in [0.4, 0.5) is 0 Å². The lowest BCUT2D eigenvalue weighted by Crippen LogP contribution is -2.42. The smallest absolute Gasteiger partial charge is 0.0620 e. The molecule has 3 N–H and O–H groups in total. The SMILES string of the molecule is NC(CC1COCCN1)c1ccc2c(c1)CCC2. The standard InChI is InChI=1S/C15H22N2O/c16-15(9-14-10-18-7-6-17-14)13-5-4-11-2-1-3-12(11)8-13/h4-5,8,14-15,17H,1-3,6-7,9-10,16H2. The summed E-state index contributed by atoms with van der Waals surface area (Å²) in [6.07, 6.45) is 4.72. The zero-order valence-electron chi connectivity index (χ0n) is 10.8. The largest absolute Gasteiger partial charge is 0.379 e. The van der Waals surface area contributed by atoms with Crippen molar-refractivity contribution in [2.75, 3.05) is 19.8 Å². The van der Waals surface area contributed by atoms with Crippen LogP contribution in [0.3, 0.4) is 0 Å². The Labute approximate surface area is 109 Å². The lowest BCUT2D eigenvalue weighted by molar-refractivity contribution is 0.0720. The predicted octanol–water partition coefficient (Wildman–Crippen LogP) is 1.55. The molecule has 0 radical (unpaired) electrons. The lowest BCUT2D eigenvalue weighted by Gasteiger charge is -2.26. The summed E-state index contributed by atoms with van der Waals surface area (Å²) in [5.74, 6) is 0. The molecule has 18 heavy (non-hydrogen) atoms. The second-order valence-electron chi connectivity index (χ2n) is 5.45. The number of aryl methyl sites for hydroxylation is 2. The van der Waals surface area contributed by atoms with Crippen LogP contribution >= 0.6 is 0 Å². The Morgan fingerprint density at radius 1 is 1.33 bits per heavy atom. The van der Waals surface area contributed by atoms with Gasteiger partial charge in [-0.05, 0) is 42.4 Å². The van der Waals surface area contributed by atoms with Gasteiger partial charge >= 0.3 is 0 Å². The molecular formula is C15H22N2O. The fraction of sp³-hybridized carbons (Fsp3) is 0.600. The number of hydrogen-bond acceptors (Lipinski definition) is 3. The molecule has 1 saturated heterocycles. The van der Waals surface area contributed by atoms with Crippen molar-refractivity contribution >= 4 is 0 Å². The highest BCUT2D eigenvalue weighted by Crippen LogP contribution is 2.26. The molecule has 1 aromatic rings. The number of nitrogens with one attached hydrogen (secondary N) is 1. The van der Waals surface area contributed by atoms with Gasteiger partial charge in [0.15, 0.2) is 0 Å². The Balaban J connectivity index is 1.66. The lowest BCUT2D eigenvalue weighted by atomic mass is 9.97. The van der Waals surface area contributed by atoms with Crippen molar-refractivity contribution < 1.29 is 4.74 Å². The monoisotopic (exact) mass is 246 g/mol. The number of morpholine rings is 1. The molecule has 0 bridgehead atoms. The van der Waals surface area contributed by atoms with Crippen molar-refractivity contribution in [1.82, 2.24) is 5.32 Å². The van der Waals surface area contributed by atoms with Gasteiger partial charge in [0.25, 0.3) is 0 Å². The molecule has 1 aliphatic carbocycles. The van der Waals surface area contributed by atoms with Crippen LogP contribution in [-0.2, 0) is 17.6 Å². The van der Waals surface area contributed by atoms with Gasteiger partial charge in [0.2, 0.25) is 0 Å². The van der Waals surface area contributed by atoms with E-state index in [2.05, 4.69) is 23.5 Å². The zero-order chi connectivity index (χ0) is 12.4. The molecule has 1 heterocycles. The third-order valence-electron chi connectivity index (χ3n) is 4.09. The first-order chi connectivity index (χ1) is 8.83. The molecule has 3 nitrogen and oxygen atoms in total. The van der Waals surface area contributed by atoms with Gasteiger partial charge in [-0.25, -0.2) is 0 Å². The summed E-state index contributed by atoms with van der Waals surface area (Å²) < 4.78 is 5.47. The summed E-state index contributed by atoms with van der Waals surface area (Å²) in [5, 5.41) is 3.47. The summed E-state index contributed by atoms with van der Waals surface area (Å²) in [6.45, 7) is 2.56. The quantitative estimate of drug-likeness (QED) is 0.850. The first-order valence-corrected chi connectivity index (χ1v) is 7.01. The van der Waals surface area contributed by atoms with E-state index in [0.717, 1.165) is 26.2 Å². The maximum absolute atomic E-state index is 6.32. The van der Waals surface area contributed by atoms with E-state index in [1.54, 1.807) is 0 Å². The van der Waals surface area contributed by atoms with E-state index in [-0.39, 0.29) is 6.04 Å². The van der Waals surface area contributed by atoms with Crippen LogP contribution in [-0.4, -0.2) is 25.8 Å². The minimum Gasteiger partial charge on any atom is -0.379 e. The topological polar surface area (TPSA) is 47.3 Å². The van der Waals surface area contributed by atoms with Crippen LogP contribution in [0.15, 0.2) is 18.2 Å². The maximum Gasteiger partial charge on any atom is 0.0620 e. The van der Waals surface area contributed by atoms with Crippen LogP contribution in [0.2, 0.25) is 0 Å². The maximum atomic E-state index is 6.32. The van der Waals surface area contributed by atoms with Crippen LogP contribution in [0.25, 0.3) is 0 Å². The second kappa shape index (κ2) is 5.39. The number of benzene rings is 1. The molecule has 2 unspecified atom stereocenters. The van der Waals surface area contributed by atoms with Gasteiger partial charge < -0.3 is 15.8 Å². The summed E-state index contributed by atoms with van der Waals surface area (Å²) in [6, 6.07) is 7.31. The van der Waals surface area contributed by atoms with Gasteiger partial charge in [-0.3, -0.25) is 0 Å². The molecule has 0 aromatic heterocycles. The average Bonchev–Trinajstić information content (AvgIpc) is 2.87. The predicted molar refractivity (Wildman–Crippen MR) is 72.6 cm³/mol. The van der Waals surface area contributed by atoms with Crippen LogP contribution < -0.4 is 11.1 Å². The molecule has 2 atom stereocenters. The number of nitrogens with two attached hydrogens (primary N) is 1. The molecule has 0 amide bonds. The summed E-state index contributed by atoms with van der Waals surface area (Å²) >= 11 is 0. The minimum absolute atomic E-state index is 0.120. The summed E-state index contributed by atoms with van der Waals surface area (Å²) in [5.41, 5.74) is 10.6. The molecule has 3 rings (SSSR count). The fourth-order valence-electron chi connectivity index (χ4n) is 3.04. The highest BCUT2D eigenvalue weighted by molar-refractivity contribution is 5.36. The second-order valence-corrected chi connectivity index (χ2v) is 5.45. The van der Waals surface area contributed by atoms with Crippen LogP contribution in [0.1, 0.15) is 35.6 Å². The van der Waals surface area contributed by atoms with Crippen molar-refractivity contribution in [2.45, 2.75) is 37.8 Å². The van der Waals surface area contributed by atoms with E-state index < -0.39 is 0 Å². The van der Waals surface area contributed by atoms with Gasteiger partial charge in [0.05, 0.1) is 13.2 Å². The van der Waals surface area contributed by atoms with Crippen LogP contribution in [0, 0.1) is 0 Å². The first-order valence-electron chi connectivity index (χ1n) is 7.01. The van der Waals surface area contributed by atoms with Gasteiger partial charge in [-0.15, -0.1) is 0 Å². The average molecular weight is 246 g/mol. The molecule has 3 heteroatoms. The van der Waals surface area contributed by atoms with E-state index >= 15 is 0 Å². The third-order valence-corrected chi connectivity index (χ3v) is 4.09. The van der Waals surface area contributed by atoms with E-state index in [0.29, 0.717) is 6.04 Å². The van der Waals surface area contributed by atoms with E-state index in [1.807, 2.05) is 0 Å².